The van der Waals surface area contributed by atoms with Gasteiger partial charge >= 0.3 is 11.9 Å². The Kier molecular flexibility index (Phi) is 5.74. The lowest BCUT2D eigenvalue weighted by atomic mass is 10.2. The van der Waals surface area contributed by atoms with Crippen molar-refractivity contribution in [2.24, 2.45) is 0 Å². The van der Waals surface area contributed by atoms with Crippen molar-refractivity contribution < 1.29 is 23.8 Å². The number of carbonyl (C=O) groups is 2. The molecule has 120 valence electrons. The highest BCUT2D eigenvalue weighted by Crippen LogP contribution is 2.17. The predicted octanol–water partition coefficient (Wildman–Crippen LogP) is 3.48. The highest BCUT2D eigenvalue weighted by molar-refractivity contribution is 6.02. The van der Waals surface area contributed by atoms with E-state index in [-0.39, 0.29) is 11.1 Å². The van der Waals surface area contributed by atoms with Gasteiger partial charge in [-0.05, 0) is 50.2 Å². The monoisotopic (exact) mass is 314 g/mol. The van der Waals surface area contributed by atoms with Gasteiger partial charge in [0.1, 0.15) is 11.5 Å². The zero-order valence-electron chi connectivity index (χ0n) is 13.1. The molecule has 0 unspecified atom stereocenters. The summed E-state index contributed by atoms with van der Waals surface area (Å²) in [6.07, 6.45) is 0. The van der Waals surface area contributed by atoms with Gasteiger partial charge in [-0.3, -0.25) is 0 Å². The number of rotatable bonds is 6. The standard InChI is InChI=1S/C18H18O5/c1-3-21-15-9-5-7-13(11-15)17(19)23-18(20)14-8-6-10-16(12-14)22-4-2/h5-12H,3-4H2,1-2H3. The van der Waals surface area contributed by atoms with Crippen LogP contribution in [0.25, 0.3) is 0 Å². The summed E-state index contributed by atoms with van der Waals surface area (Å²) in [6.45, 7) is 4.67. The fourth-order valence-electron chi connectivity index (χ4n) is 1.96. The van der Waals surface area contributed by atoms with E-state index >= 15 is 0 Å². The molecule has 0 aliphatic carbocycles. The second-order valence-corrected chi connectivity index (χ2v) is 4.60. The van der Waals surface area contributed by atoms with E-state index in [4.69, 9.17) is 14.2 Å². The molecule has 2 aromatic rings. The first kappa shape index (κ1) is 16.5. The number of benzene rings is 2. The quantitative estimate of drug-likeness (QED) is 0.603. The predicted molar refractivity (Wildman–Crippen MR) is 85.0 cm³/mol. The Bertz CT molecular complexity index is 634. The van der Waals surface area contributed by atoms with Gasteiger partial charge in [0.05, 0.1) is 24.3 Å². The Balaban J connectivity index is 2.09. The first-order chi connectivity index (χ1) is 11.1. The van der Waals surface area contributed by atoms with Gasteiger partial charge in [-0.1, -0.05) is 12.1 Å². The van der Waals surface area contributed by atoms with Gasteiger partial charge in [0, 0.05) is 0 Å². The minimum atomic E-state index is -0.724. The Labute approximate surface area is 134 Å². The molecular weight excluding hydrogens is 296 g/mol. The van der Waals surface area contributed by atoms with Gasteiger partial charge in [0.15, 0.2) is 0 Å². The van der Waals surface area contributed by atoms with Crippen LogP contribution in [0, 0.1) is 0 Å². The van der Waals surface area contributed by atoms with Crippen LogP contribution in [-0.4, -0.2) is 25.2 Å². The average Bonchev–Trinajstić information content (AvgIpc) is 2.56. The Hall–Kier alpha value is -2.82. The first-order valence-electron chi connectivity index (χ1n) is 7.36. The lowest BCUT2D eigenvalue weighted by molar-refractivity contribution is 0.0397. The Morgan fingerprint density at radius 1 is 0.783 bits per heavy atom. The second-order valence-electron chi connectivity index (χ2n) is 4.60. The fourth-order valence-corrected chi connectivity index (χ4v) is 1.96. The topological polar surface area (TPSA) is 61.8 Å². The molecule has 0 saturated carbocycles. The molecule has 0 saturated heterocycles. The van der Waals surface area contributed by atoms with Crippen LogP contribution in [0.1, 0.15) is 34.6 Å². The molecule has 5 nitrogen and oxygen atoms in total. The molecule has 0 atom stereocenters. The van der Waals surface area contributed by atoms with Crippen molar-refractivity contribution in [3.05, 3.63) is 59.7 Å². The van der Waals surface area contributed by atoms with Crippen LogP contribution in [-0.2, 0) is 4.74 Å². The second kappa shape index (κ2) is 7.98. The number of carbonyl (C=O) groups excluding carboxylic acids is 2. The van der Waals surface area contributed by atoms with Crippen LogP contribution in [0.15, 0.2) is 48.5 Å². The molecule has 0 amide bonds. The largest absolute Gasteiger partial charge is 0.494 e. The van der Waals surface area contributed by atoms with E-state index in [0.29, 0.717) is 24.7 Å². The molecule has 0 fully saturated rings. The third-order valence-corrected chi connectivity index (χ3v) is 2.95. The maximum atomic E-state index is 12.1. The third kappa shape index (κ3) is 4.57. The minimum Gasteiger partial charge on any atom is -0.494 e. The van der Waals surface area contributed by atoms with Gasteiger partial charge in [-0.25, -0.2) is 9.59 Å². The van der Waals surface area contributed by atoms with Crippen molar-refractivity contribution in [2.45, 2.75) is 13.8 Å². The van der Waals surface area contributed by atoms with Crippen LogP contribution < -0.4 is 9.47 Å². The number of hydrogen-bond donors (Lipinski definition) is 0. The van der Waals surface area contributed by atoms with E-state index < -0.39 is 11.9 Å². The maximum Gasteiger partial charge on any atom is 0.346 e. The average molecular weight is 314 g/mol. The Morgan fingerprint density at radius 3 is 1.61 bits per heavy atom. The lowest BCUT2D eigenvalue weighted by Gasteiger charge is -2.07. The number of esters is 2. The van der Waals surface area contributed by atoms with Gasteiger partial charge in [-0.2, -0.15) is 0 Å². The van der Waals surface area contributed by atoms with E-state index in [1.54, 1.807) is 36.4 Å². The van der Waals surface area contributed by atoms with Crippen molar-refractivity contribution in [1.82, 2.24) is 0 Å². The smallest absolute Gasteiger partial charge is 0.346 e. The van der Waals surface area contributed by atoms with Crippen molar-refractivity contribution in [3.8, 4) is 11.5 Å². The molecule has 0 aliphatic rings. The van der Waals surface area contributed by atoms with Crippen LogP contribution in [0.3, 0.4) is 0 Å². The van der Waals surface area contributed by atoms with Gasteiger partial charge < -0.3 is 14.2 Å². The molecule has 0 radical (unpaired) electrons. The summed E-state index contributed by atoms with van der Waals surface area (Å²) in [5, 5.41) is 0. The van der Waals surface area contributed by atoms with Crippen molar-refractivity contribution >= 4 is 11.9 Å². The highest BCUT2D eigenvalue weighted by atomic mass is 16.6. The fraction of sp³-hybridized carbons (Fsp3) is 0.222. The number of hydrogen-bond acceptors (Lipinski definition) is 5. The van der Waals surface area contributed by atoms with E-state index in [1.807, 2.05) is 13.8 Å². The molecular formula is C18H18O5. The first-order valence-corrected chi connectivity index (χ1v) is 7.36. The summed E-state index contributed by atoms with van der Waals surface area (Å²) in [4.78, 5) is 24.1. The molecule has 0 spiro atoms. The van der Waals surface area contributed by atoms with Crippen molar-refractivity contribution in [2.75, 3.05) is 13.2 Å². The summed E-state index contributed by atoms with van der Waals surface area (Å²) >= 11 is 0. The summed E-state index contributed by atoms with van der Waals surface area (Å²) < 4.78 is 15.5. The van der Waals surface area contributed by atoms with Crippen molar-refractivity contribution in [1.29, 1.82) is 0 Å². The molecule has 2 aromatic carbocycles. The summed E-state index contributed by atoms with van der Waals surface area (Å²) in [5.74, 6) is -0.350. The van der Waals surface area contributed by atoms with E-state index in [9.17, 15) is 9.59 Å². The summed E-state index contributed by atoms with van der Waals surface area (Å²) in [5.41, 5.74) is 0.510. The molecule has 0 heterocycles. The molecule has 0 bridgehead atoms. The summed E-state index contributed by atoms with van der Waals surface area (Å²) in [7, 11) is 0. The van der Waals surface area contributed by atoms with Crippen LogP contribution in [0.2, 0.25) is 0 Å². The molecule has 0 N–H and O–H groups in total. The van der Waals surface area contributed by atoms with Crippen LogP contribution >= 0.6 is 0 Å². The molecule has 23 heavy (non-hydrogen) atoms. The highest BCUT2D eigenvalue weighted by Gasteiger charge is 2.16. The maximum absolute atomic E-state index is 12.1. The summed E-state index contributed by atoms with van der Waals surface area (Å²) in [6, 6.07) is 13.0. The minimum absolute atomic E-state index is 0.255. The molecule has 2 rings (SSSR count). The van der Waals surface area contributed by atoms with Crippen molar-refractivity contribution in [3.63, 3.8) is 0 Å². The number of ether oxygens (including phenoxy) is 3. The Morgan fingerprint density at radius 2 is 1.22 bits per heavy atom. The van der Waals surface area contributed by atoms with Crippen LogP contribution in [0.5, 0.6) is 11.5 Å². The SMILES string of the molecule is CCOc1cccc(C(=O)OC(=O)c2cccc(OCC)c2)c1. The lowest BCUT2D eigenvalue weighted by Crippen LogP contribution is -2.13. The molecule has 0 aromatic heterocycles. The van der Waals surface area contributed by atoms with Gasteiger partial charge in [-0.15, -0.1) is 0 Å². The van der Waals surface area contributed by atoms with E-state index in [2.05, 4.69) is 0 Å². The molecule has 5 heteroatoms. The third-order valence-electron chi connectivity index (χ3n) is 2.95. The van der Waals surface area contributed by atoms with Gasteiger partial charge in [0.2, 0.25) is 0 Å². The zero-order valence-corrected chi connectivity index (χ0v) is 13.1. The molecule has 0 aliphatic heterocycles. The van der Waals surface area contributed by atoms with E-state index in [1.165, 1.54) is 12.1 Å². The van der Waals surface area contributed by atoms with E-state index in [0.717, 1.165) is 0 Å². The van der Waals surface area contributed by atoms with Crippen LogP contribution in [0.4, 0.5) is 0 Å². The van der Waals surface area contributed by atoms with Gasteiger partial charge in [0.25, 0.3) is 0 Å². The zero-order chi connectivity index (χ0) is 16.7. The normalized spacial score (nSPS) is 10.0.